The van der Waals surface area contributed by atoms with E-state index >= 15 is 0 Å². The van der Waals surface area contributed by atoms with Crippen LogP contribution in [0.1, 0.15) is 38.5 Å². The maximum atomic E-state index is 11.6. The van der Waals surface area contributed by atoms with Crippen LogP contribution in [0.4, 0.5) is 5.69 Å². The fraction of sp³-hybridized carbons (Fsp3) is 0.533. The lowest BCUT2D eigenvalue weighted by Crippen LogP contribution is -2.33. The van der Waals surface area contributed by atoms with Gasteiger partial charge in [-0.3, -0.25) is 0 Å². The summed E-state index contributed by atoms with van der Waals surface area (Å²) in [5.74, 6) is -0.301. The van der Waals surface area contributed by atoms with E-state index in [1.807, 2.05) is 0 Å². The van der Waals surface area contributed by atoms with Crippen LogP contribution in [0.5, 0.6) is 0 Å². The fourth-order valence-electron chi connectivity index (χ4n) is 2.41. The van der Waals surface area contributed by atoms with E-state index in [1.54, 1.807) is 18.2 Å². The van der Waals surface area contributed by atoms with Gasteiger partial charge in [0.2, 0.25) is 0 Å². The first-order valence-corrected chi connectivity index (χ1v) is 8.05. The summed E-state index contributed by atoms with van der Waals surface area (Å²) in [4.78, 5) is 16.6. The number of hydrogen-bond donors (Lipinski definition) is 2. The Morgan fingerprint density at radius 3 is 2.59 bits per heavy atom. The average Bonchev–Trinajstić information content (AvgIpc) is 2.49. The number of carbonyl (C=O) groups is 1. The number of carbonyl (C=O) groups excluding carboxylic acids is 1. The van der Waals surface area contributed by atoms with E-state index in [1.165, 1.54) is 32.1 Å². The van der Waals surface area contributed by atoms with Gasteiger partial charge in [-0.05, 0) is 31.0 Å². The van der Waals surface area contributed by atoms with E-state index in [2.05, 4.69) is 10.8 Å². The second-order valence-electron chi connectivity index (χ2n) is 5.24. The molecule has 1 aromatic carbocycles. The van der Waals surface area contributed by atoms with Crippen LogP contribution in [0.2, 0.25) is 10.0 Å². The van der Waals surface area contributed by atoms with Gasteiger partial charge in [-0.1, -0.05) is 42.5 Å². The molecule has 0 spiro atoms. The maximum Gasteiger partial charge on any atom is 0.333 e. The first kappa shape index (κ1) is 19.4. The molecule has 1 aromatic rings. The van der Waals surface area contributed by atoms with Crippen LogP contribution in [0.3, 0.4) is 0 Å². The third-order valence-electron chi connectivity index (χ3n) is 3.57. The predicted octanol–water partition coefficient (Wildman–Crippen LogP) is 4.60. The summed E-state index contributed by atoms with van der Waals surface area (Å²) in [5, 5.41) is 4.28. The minimum absolute atomic E-state index is 0. The van der Waals surface area contributed by atoms with Gasteiger partial charge in [-0.2, -0.15) is 0 Å². The molecule has 4 nitrogen and oxygen atoms in total. The minimum Gasteiger partial charge on any atom is -0.343 e. The van der Waals surface area contributed by atoms with E-state index in [0.29, 0.717) is 34.7 Å². The molecule has 7 heteroatoms. The van der Waals surface area contributed by atoms with Crippen LogP contribution in [-0.2, 0) is 9.63 Å². The molecule has 1 saturated carbocycles. The molecule has 1 aliphatic rings. The third-order valence-corrected chi connectivity index (χ3v) is 4.31. The molecule has 0 atom stereocenters. The molecule has 0 heterocycles. The van der Waals surface area contributed by atoms with Gasteiger partial charge in [-0.25, -0.2) is 10.3 Å². The molecule has 0 radical (unpaired) electrons. The lowest BCUT2D eigenvalue weighted by Gasteiger charge is -2.22. The largest absolute Gasteiger partial charge is 0.343 e. The van der Waals surface area contributed by atoms with Gasteiger partial charge in [0.1, 0.15) is 0 Å². The molecule has 0 aliphatic heterocycles. The van der Waals surface area contributed by atoms with Gasteiger partial charge in [0.25, 0.3) is 0 Å². The highest BCUT2D eigenvalue weighted by Crippen LogP contribution is 2.25. The second-order valence-corrected chi connectivity index (χ2v) is 6.06. The van der Waals surface area contributed by atoms with Gasteiger partial charge < -0.3 is 10.2 Å². The fourth-order valence-corrected chi connectivity index (χ4v) is 2.71. The van der Waals surface area contributed by atoms with E-state index in [4.69, 9.17) is 28.0 Å². The van der Waals surface area contributed by atoms with Gasteiger partial charge in [0.05, 0.1) is 22.2 Å². The quantitative estimate of drug-likeness (QED) is 0.722. The molecule has 0 amide bonds. The highest BCUT2D eigenvalue weighted by molar-refractivity contribution is 6.42. The smallest absolute Gasteiger partial charge is 0.333 e. The van der Waals surface area contributed by atoms with Crippen molar-refractivity contribution >= 4 is 47.3 Å². The number of anilines is 1. The summed E-state index contributed by atoms with van der Waals surface area (Å²) in [6.07, 6.45) is 6.63. The third kappa shape index (κ3) is 6.61. The first-order chi connectivity index (χ1) is 10.1. The predicted molar refractivity (Wildman–Crippen MR) is 92.9 cm³/mol. The molecule has 1 fully saturated rings. The second kappa shape index (κ2) is 10.2. The Balaban J connectivity index is 0.00000242. The molecule has 0 aromatic heterocycles. The minimum atomic E-state index is -0.301. The Hall–Kier alpha value is -0.680. The van der Waals surface area contributed by atoms with Crippen molar-refractivity contribution < 1.29 is 9.63 Å². The summed E-state index contributed by atoms with van der Waals surface area (Å²) in [6.45, 7) is 0.645. The Morgan fingerprint density at radius 1 is 1.18 bits per heavy atom. The number of rotatable bonds is 6. The van der Waals surface area contributed by atoms with Crippen molar-refractivity contribution in [2.75, 3.05) is 12.0 Å². The molecule has 22 heavy (non-hydrogen) atoms. The van der Waals surface area contributed by atoms with Crippen molar-refractivity contribution in [2.45, 2.75) is 44.6 Å². The number of nitrogens with one attached hydrogen (secondary N) is 2. The molecule has 0 unspecified atom stereocenters. The van der Waals surface area contributed by atoms with E-state index < -0.39 is 0 Å². The zero-order valence-corrected chi connectivity index (χ0v) is 14.6. The van der Waals surface area contributed by atoms with E-state index in [0.717, 1.165) is 0 Å². The molecule has 124 valence electrons. The first-order valence-electron chi connectivity index (χ1n) is 7.29. The zero-order chi connectivity index (χ0) is 15.1. The van der Waals surface area contributed by atoms with Gasteiger partial charge in [0.15, 0.2) is 0 Å². The molecular formula is C15H21Cl3N2O2. The molecule has 0 saturated heterocycles. The summed E-state index contributed by atoms with van der Waals surface area (Å²) >= 11 is 11.7. The normalized spacial score (nSPS) is 15.0. The van der Waals surface area contributed by atoms with Crippen molar-refractivity contribution in [1.82, 2.24) is 5.32 Å². The molecule has 2 N–H and O–H groups in total. The zero-order valence-electron chi connectivity index (χ0n) is 12.2. The van der Waals surface area contributed by atoms with Crippen molar-refractivity contribution in [2.24, 2.45) is 0 Å². The SMILES string of the molecule is Cl.O=C(CCNC1CCCCC1)ONc1ccc(Cl)c(Cl)c1. The maximum absolute atomic E-state index is 11.6. The topological polar surface area (TPSA) is 50.4 Å². The number of hydrogen-bond acceptors (Lipinski definition) is 4. The van der Waals surface area contributed by atoms with Crippen LogP contribution in [0.15, 0.2) is 18.2 Å². The summed E-state index contributed by atoms with van der Waals surface area (Å²) in [5.41, 5.74) is 3.18. The Kier molecular flexibility index (Phi) is 8.95. The van der Waals surface area contributed by atoms with Crippen LogP contribution in [0, 0.1) is 0 Å². The highest BCUT2D eigenvalue weighted by Gasteiger charge is 2.13. The molecular weight excluding hydrogens is 347 g/mol. The van der Waals surface area contributed by atoms with Crippen LogP contribution in [-0.4, -0.2) is 18.6 Å². The Bertz CT molecular complexity index is 480. The Morgan fingerprint density at radius 2 is 1.91 bits per heavy atom. The average molecular weight is 368 g/mol. The van der Waals surface area contributed by atoms with Crippen LogP contribution < -0.4 is 10.8 Å². The number of benzene rings is 1. The van der Waals surface area contributed by atoms with E-state index in [-0.39, 0.29) is 18.4 Å². The molecule has 1 aliphatic carbocycles. The lowest BCUT2D eigenvalue weighted by molar-refractivity contribution is -0.140. The van der Waals surface area contributed by atoms with Crippen molar-refractivity contribution in [3.63, 3.8) is 0 Å². The van der Waals surface area contributed by atoms with Crippen molar-refractivity contribution in [1.29, 1.82) is 0 Å². The van der Waals surface area contributed by atoms with Crippen molar-refractivity contribution in [3.05, 3.63) is 28.2 Å². The monoisotopic (exact) mass is 366 g/mol. The van der Waals surface area contributed by atoms with Crippen molar-refractivity contribution in [3.8, 4) is 0 Å². The number of halogens is 3. The summed E-state index contributed by atoms with van der Waals surface area (Å²) in [7, 11) is 0. The van der Waals surface area contributed by atoms with Gasteiger partial charge in [0, 0.05) is 12.6 Å². The van der Waals surface area contributed by atoms with Gasteiger partial charge >= 0.3 is 5.97 Å². The van der Waals surface area contributed by atoms with Crippen LogP contribution >= 0.6 is 35.6 Å². The van der Waals surface area contributed by atoms with Crippen LogP contribution in [0.25, 0.3) is 0 Å². The Labute approximate surface area is 147 Å². The standard InChI is InChI=1S/C15H20Cl2N2O2.ClH/c16-13-7-6-12(10-14(13)17)19-21-15(20)8-9-18-11-4-2-1-3-5-11;/h6-7,10-11,18-19H,1-5,8-9H2;1H. The van der Waals surface area contributed by atoms with Gasteiger partial charge in [-0.15, -0.1) is 12.4 Å². The molecule has 2 rings (SSSR count). The summed E-state index contributed by atoms with van der Waals surface area (Å²) in [6, 6.07) is 5.50. The highest BCUT2D eigenvalue weighted by atomic mass is 35.5. The molecule has 0 bridgehead atoms. The van der Waals surface area contributed by atoms with E-state index in [9.17, 15) is 4.79 Å². The lowest BCUT2D eigenvalue weighted by atomic mass is 9.95. The summed E-state index contributed by atoms with van der Waals surface area (Å²) < 4.78 is 0.